The lowest BCUT2D eigenvalue weighted by molar-refractivity contribution is 0.668. The lowest BCUT2D eigenvalue weighted by Crippen LogP contribution is -1.95. The van der Waals surface area contributed by atoms with E-state index in [0.29, 0.717) is 0 Å². The summed E-state index contributed by atoms with van der Waals surface area (Å²) in [6.07, 6.45) is 0. The van der Waals surface area contributed by atoms with Gasteiger partial charge in [-0.2, -0.15) is 0 Å². The van der Waals surface area contributed by atoms with Crippen molar-refractivity contribution >= 4 is 97.2 Å². The van der Waals surface area contributed by atoms with Gasteiger partial charge in [-0.15, -0.1) is 11.3 Å². The van der Waals surface area contributed by atoms with Crippen molar-refractivity contribution in [3.8, 4) is 39.1 Å². The first kappa shape index (κ1) is 31.8. The van der Waals surface area contributed by atoms with Crippen LogP contribution in [0.1, 0.15) is 0 Å². The summed E-state index contributed by atoms with van der Waals surface area (Å²) in [7, 11) is 0. The van der Waals surface area contributed by atoms with Crippen LogP contribution < -0.4 is 0 Å². The summed E-state index contributed by atoms with van der Waals surface area (Å²) >= 11 is 1.87. The first-order valence-electron chi connectivity index (χ1n) is 19.7. The van der Waals surface area contributed by atoms with E-state index in [1.54, 1.807) is 0 Å². The number of fused-ring (bicyclic) bond motifs is 12. The number of hydrogen-bond acceptors (Lipinski definition) is 3. The van der Waals surface area contributed by atoms with Gasteiger partial charge in [-0.05, 0) is 82.4 Å². The van der Waals surface area contributed by atoms with Gasteiger partial charge in [0.05, 0.1) is 16.7 Å². The van der Waals surface area contributed by atoms with E-state index >= 15 is 0 Å². The Morgan fingerprint density at radius 3 is 1.86 bits per heavy atom. The Balaban J connectivity index is 1.04. The second-order valence-corrected chi connectivity index (χ2v) is 16.3. The molecule has 0 amide bonds. The van der Waals surface area contributed by atoms with Crippen LogP contribution in [-0.2, 0) is 0 Å². The van der Waals surface area contributed by atoms with Gasteiger partial charge in [0.15, 0.2) is 0 Å². The predicted molar refractivity (Wildman–Crippen MR) is 245 cm³/mol. The minimum atomic E-state index is 0.876. The molecule has 4 heterocycles. The Bertz CT molecular complexity index is 3800. The second kappa shape index (κ2) is 12.1. The van der Waals surface area contributed by atoms with Crippen LogP contribution in [0.3, 0.4) is 0 Å². The molecule has 270 valence electrons. The average Bonchev–Trinajstić information content (AvgIpc) is 4.04. The Hall–Kier alpha value is -7.40. The van der Waals surface area contributed by atoms with Gasteiger partial charge in [0, 0.05) is 64.1 Å². The maximum Gasteiger partial charge on any atom is 0.138 e. The van der Waals surface area contributed by atoms with Crippen LogP contribution in [0.2, 0.25) is 0 Å². The van der Waals surface area contributed by atoms with Crippen LogP contribution in [0.15, 0.2) is 197 Å². The fraction of sp³-hybridized carbons (Fsp3) is 0. The van der Waals surface area contributed by atoms with E-state index in [4.69, 9.17) is 8.83 Å². The molecule has 0 spiro atoms. The number of thiophene rings is 1. The third-order valence-corrected chi connectivity index (χ3v) is 13.2. The number of nitrogens with zero attached hydrogens (tertiary/aromatic N) is 1. The summed E-state index contributed by atoms with van der Waals surface area (Å²) in [5.41, 5.74) is 14.1. The summed E-state index contributed by atoms with van der Waals surface area (Å²) in [4.78, 5) is 0. The summed E-state index contributed by atoms with van der Waals surface area (Å²) in [6, 6.07) is 67.8. The van der Waals surface area contributed by atoms with Crippen molar-refractivity contribution in [2.75, 3.05) is 0 Å². The van der Waals surface area contributed by atoms with E-state index < -0.39 is 0 Å². The van der Waals surface area contributed by atoms with Gasteiger partial charge < -0.3 is 13.4 Å². The van der Waals surface area contributed by atoms with Gasteiger partial charge in [-0.3, -0.25) is 0 Å². The minimum absolute atomic E-state index is 0.876. The number of rotatable bonds is 4. The minimum Gasteiger partial charge on any atom is -0.456 e. The monoisotopic (exact) mass is 757 g/mol. The number of para-hydroxylation sites is 3. The van der Waals surface area contributed by atoms with Gasteiger partial charge in [0.2, 0.25) is 0 Å². The fourth-order valence-corrected chi connectivity index (χ4v) is 10.6. The molecule has 0 bridgehead atoms. The predicted octanol–water partition coefficient (Wildman–Crippen LogP) is 16.0. The van der Waals surface area contributed by atoms with E-state index in [2.05, 4.69) is 180 Å². The van der Waals surface area contributed by atoms with E-state index in [9.17, 15) is 0 Å². The molecule has 3 nitrogen and oxygen atoms in total. The molecule has 0 aliphatic carbocycles. The average molecular weight is 758 g/mol. The first-order valence-corrected chi connectivity index (χ1v) is 20.5. The lowest BCUT2D eigenvalue weighted by Gasteiger charge is -2.13. The zero-order valence-electron chi connectivity index (χ0n) is 31.1. The topological polar surface area (TPSA) is 31.2 Å². The normalized spacial score (nSPS) is 12.1. The van der Waals surface area contributed by atoms with Crippen molar-refractivity contribution in [3.05, 3.63) is 188 Å². The van der Waals surface area contributed by atoms with Crippen molar-refractivity contribution in [1.29, 1.82) is 0 Å². The van der Waals surface area contributed by atoms with Gasteiger partial charge in [0.1, 0.15) is 22.3 Å². The largest absolute Gasteiger partial charge is 0.456 e. The molecule has 0 fully saturated rings. The molecule has 0 atom stereocenters. The molecule has 0 N–H and O–H groups in total. The highest BCUT2D eigenvalue weighted by Gasteiger charge is 2.21. The number of furan rings is 2. The first-order chi connectivity index (χ1) is 28.7. The molecule has 0 unspecified atom stereocenters. The van der Waals surface area contributed by atoms with Gasteiger partial charge >= 0.3 is 0 Å². The highest BCUT2D eigenvalue weighted by molar-refractivity contribution is 7.26. The molecule has 13 aromatic rings. The Morgan fingerprint density at radius 2 is 0.983 bits per heavy atom. The summed E-state index contributed by atoms with van der Waals surface area (Å²) in [6.45, 7) is 0. The Labute approximate surface area is 336 Å². The molecule has 0 aliphatic rings. The molecule has 0 aliphatic heterocycles. The van der Waals surface area contributed by atoms with Crippen LogP contribution in [-0.4, -0.2) is 4.57 Å². The standard InChI is InChI=1S/C54H31NO2S/c1-2-11-32(12-3-1)35-21-24-39-40-16-10-17-41(54(40)58-52(39)29-35)45-30-36(31-51-53(45)42-15-6-9-20-49(42)57-51)55-46-18-7-4-13-37(46)43-27-33(22-25-47(43)55)34-23-26-50-44(28-34)38-14-5-8-19-48(38)56-50/h1-31H. The molecule has 0 radical (unpaired) electrons. The fourth-order valence-electron chi connectivity index (χ4n) is 9.34. The lowest BCUT2D eigenvalue weighted by atomic mass is 9.96. The van der Waals surface area contributed by atoms with Gasteiger partial charge in [-0.25, -0.2) is 0 Å². The second-order valence-electron chi connectivity index (χ2n) is 15.2. The summed E-state index contributed by atoms with van der Waals surface area (Å²) < 4.78 is 17.9. The third-order valence-electron chi connectivity index (χ3n) is 12.0. The van der Waals surface area contributed by atoms with Gasteiger partial charge in [0.25, 0.3) is 0 Å². The van der Waals surface area contributed by atoms with E-state index in [0.717, 1.165) is 66.2 Å². The Kier molecular flexibility index (Phi) is 6.60. The van der Waals surface area contributed by atoms with Crippen molar-refractivity contribution in [3.63, 3.8) is 0 Å². The smallest absolute Gasteiger partial charge is 0.138 e. The van der Waals surface area contributed by atoms with Crippen LogP contribution >= 0.6 is 11.3 Å². The molecular weight excluding hydrogens is 727 g/mol. The number of hydrogen-bond donors (Lipinski definition) is 0. The van der Waals surface area contributed by atoms with Crippen LogP contribution in [0.4, 0.5) is 0 Å². The molecule has 0 saturated carbocycles. The quantitative estimate of drug-likeness (QED) is 0.179. The molecule has 4 heteroatoms. The SMILES string of the molecule is c1ccc(-c2ccc3c(c2)sc2c(-c4cc(-n5c6ccccc6c6cc(-c7ccc8oc9ccccc9c8c7)ccc65)cc5oc6ccccc6c45)cccc23)cc1. The molecule has 9 aromatic carbocycles. The van der Waals surface area contributed by atoms with Crippen molar-refractivity contribution in [2.45, 2.75) is 0 Å². The molecule has 58 heavy (non-hydrogen) atoms. The summed E-state index contributed by atoms with van der Waals surface area (Å²) in [5.74, 6) is 0. The molecule has 4 aromatic heterocycles. The Morgan fingerprint density at radius 1 is 0.345 bits per heavy atom. The maximum atomic E-state index is 6.73. The van der Waals surface area contributed by atoms with E-state index in [-0.39, 0.29) is 0 Å². The van der Waals surface area contributed by atoms with Gasteiger partial charge in [-0.1, -0.05) is 127 Å². The number of benzene rings is 9. The number of aromatic nitrogens is 1. The summed E-state index contributed by atoms with van der Waals surface area (Å²) in [5, 5.41) is 9.50. The molecule has 0 saturated heterocycles. The molecule has 13 rings (SSSR count). The zero-order valence-corrected chi connectivity index (χ0v) is 31.9. The molecular formula is C54H31NO2S. The maximum absolute atomic E-state index is 6.73. The van der Waals surface area contributed by atoms with Crippen LogP contribution in [0.5, 0.6) is 0 Å². The third kappa shape index (κ3) is 4.61. The van der Waals surface area contributed by atoms with Crippen molar-refractivity contribution < 1.29 is 8.83 Å². The highest BCUT2D eigenvalue weighted by Crippen LogP contribution is 2.46. The van der Waals surface area contributed by atoms with Crippen molar-refractivity contribution in [2.24, 2.45) is 0 Å². The van der Waals surface area contributed by atoms with E-state index in [1.165, 1.54) is 58.8 Å². The zero-order chi connectivity index (χ0) is 37.9. The van der Waals surface area contributed by atoms with Crippen molar-refractivity contribution in [1.82, 2.24) is 4.57 Å². The highest BCUT2D eigenvalue weighted by atomic mass is 32.1. The van der Waals surface area contributed by atoms with Crippen LogP contribution in [0, 0.1) is 0 Å². The van der Waals surface area contributed by atoms with E-state index in [1.807, 2.05) is 23.5 Å². The van der Waals surface area contributed by atoms with Crippen LogP contribution in [0.25, 0.3) is 125 Å².